The molecule has 1 rings (SSSR count). The fourth-order valence-electron chi connectivity index (χ4n) is 1.69. The number of unbranched alkanes of at least 4 members (excludes halogenated alkanes) is 2. The van der Waals surface area contributed by atoms with Crippen LogP contribution in [0.2, 0.25) is 0 Å². The highest BCUT2D eigenvalue weighted by Gasteiger charge is 2.00. The maximum atomic E-state index is 11.5. The van der Waals surface area contributed by atoms with Crippen molar-refractivity contribution in [2.75, 3.05) is 6.54 Å². The Bertz CT molecular complexity index is 473. The first-order chi connectivity index (χ1) is 9.33. The van der Waals surface area contributed by atoms with Crippen LogP contribution < -0.4 is 5.32 Å². The Morgan fingerprint density at radius 2 is 2.00 bits per heavy atom. The summed E-state index contributed by atoms with van der Waals surface area (Å²) in [6, 6.07) is 10.1. The predicted molar refractivity (Wildman–Crippen MR) is 78.2 cm³/mol. The van der Waals surface area contributed by atoms with Gasteiger partial charge in [-0.25, -0.2) is 0 Å². The fraction of sp³-hybridized carbons (Fsp3) is 0.353. The van der Waals surface area contributed by atoms with Crippen LogP contribution in [0.1, 0.15) is 31.2 Å². The smallest absolute Gasteiger partial charge is 0.220 e. The highest BCUT2D eigenvalue weighted by Crippen LogP contribution is 2.00. The van der Waals surface area contributed by atoms with Gasteiger partial charge in [-0.05, 0) is 36.7 Å². The van der Waals surface area contributed by atoms with Gasteiger partial charge in [-0.1, -0.05) is 36.3 Å². The summed E-state index contributed by atoms with van der Waals surface area (Å²) in [5.41, 5.74) is 1.24. The Hall–Kier alpha value is -2.19. The zero-order valence-corrected chi connectivity index (χ0v) is 11.1. The lowest BCUT2D eigenvalue weighted by Gasteiger charge is -2.04. The van der Waals surface area contributed by atoms with Crippen LogP contribution in [0, 0.1) is 24.2 Å². The second-order valence-corrected chi connectivity index (χ2v) is 4.24. The number of nitrogens with one attached hydrogen (secondary N) is 1. The van der Waals surface area contributed by atoms with Gasteiger partial charge in [0.1, 0.15) is 0 Å². The lowest BCUT2D eigenvalue weighted by molar-refractivity contribution is -0.121. The van der Waals surface area contributed by atoms with E-state index in [1.807, 2.05) is 18.2 Å². The first kappa shape index (κ1) is 14.9. The SMILES string of the molecule is C#CC#CCCCCC(=O)NCCc1ccccc1. The summed E-state index contributed by atoms with van der Waals surface area (Å²) >= 11 is 0. The van der Waals surface area contributed by atoms with Crippen molar-refractivity contribution >= 4 is 5.91 Å². The standard InChI is InChI=1S/C17H19NO/c1-2-3-4-5-6-10-13-17(19)18-15-14-16-11-8-7-9-12-16/h1,7-9,11-12H,5-6,10,13-15H2,(H,18,19). The minimum atomic E-state index is 0.112. The third-order valence-electron chi connectivity index (χ3n) is 2.69. The van der Waals surface area contributed by atoms with E-state index in [4.69, 9.17) is 6.42 Å². The largest absolute Gasteiger partial charge is 0.356 e. The predicted octanol–water partition coefficient (Wildman–Crippen LogP) is 2.54. The number of rotatable bonds is 7. The molecule has 0 saturated carbocycles. The second kappa shape index (κ2) is 9.80. The summed E-state index contributed by atoms with van der Waals surface area (Å²) in [6.07, 6.45) is 8.98. The van der Waals surface area contributed by atoms with Crippen LogP contribution in [0.3, 0.4) is 0 Å². The zero-order chi connectivity index (χ0) is 13.8. The Morgan fingerprint density at radius 3 is 2.74 bits per heavy atom. The molecule has 2 heteroatoms. The van der Waals surface area contributed by atoms with Crippen molar-refractivity contribution in [3.05, 3.63) is 35.9 Å². The summed E-state index contributed by atoms with van der Waals surface area (Å²) in [5, 5.41) is 2.93. The van der Waals surface area contributed by atoms with Crippen LogP contribution in [0.25, 0.3) is 0 Å². The van der Waals surface area contributed by atoms with Gasteiger partial charge >= 0.3 is 0 Å². The minimum Gasteiger partial charge on any atom is -0.356 e. The quantitative estimate of drug-likeness (QED) is 0.587. The molecule has 0 saturated heterocycles. The molecular weight excluding hydrogens is 234 g/mol. The van der Waals surface area contributed by atoms with E-state index in [1.165, 1.54) is 5.56 Å². The molecule has 0 aliphatic heterocycles. The van der Waals surface area contributed by atoms with E-state index in [0.29, 0.717) is 13.0 Å². The van der Waals surface area contributed by atoms with Crippen molar-refractivity contribution in [3.63, 3.8) is 0 Å². The fourth-order valence-corrected chi connectivity index (χ4v) is 1.69. The number of terminal acetylenes is 1. The minimum absolute atomic E-state index is 0.112. The Balaban J connectivity index is 2.04. The van der Waals surface area contributed by atoms with E-state index >= 15 is 0 Å². The third-order valence-corrected chi connectivity index (χ3v) is 2.69. The van der Waals surface area contributed by atoms with Crippen molar-refractivity contribution in [2.45, 2.75) is 32.1 Å². The van der Waals surface area contributed by atoms with Gasteiger partial charge in [0.15, 0.2) is 0 Å². The molecule has 1 aromatic carbocycles. The average molecular weight is 253 g/mol. The molecule has 0 heterocycles. The van der Waals surface area contributed by atoms with Crippen LogP contribution in [-0.2, 0) is 11.2 Å². The van der Waals surface area contributed by atoms with Crippen LogP contribution >= 0.6 is 0 Å². The molecule has 19 heavy (non-hydrogen) atoms. The van der Waals surface area contributed by atoms with Gasteiger partial charge in [-0.2, -0.15) is 0 Å². The number of carbonyl (C=O) groups is 1. The third kappa shape index (κ3) is 7.68. The van der Waals surface area contributed by atoms with Gasteiger partial charge in [0, 0.05) is 19.4 Å². The molecule has 1 aromatic rings. The number of hydrogen-bond acceptors (Lipinski definition) is 1. The molecule has 0 unspecified atom stereocenters. The first-order valence-electron chi connectivity index (χ1n) is 6.57. The highest BCUT2D eigenvalue weighted by atomic mass is 16.1. The van der Waals surface area contributed by atoms with Crippen molar-refractivity contribution < 1.29 is 4.79 Å². The van der Waals surface area contributed by atoms with Gasteiger partial charge in [-0.15, -0.1) is 6.42 Å². The Labute approximate surface area is 115 Å². The first-order valence-corrected chi connectivity index (χ1v) is 6.57. The second-order valence-electron chi connectivity index (χ2n) is 4.24. The number of carbonyl (C=O) groups excluding carboxylic acids is 1. The molecule has 0 aliphatic rings. The van der Waals surface area contributed by atoms with Crippen molar-refractivity contribution in [2.24, 2.45) is 0 Å². The van der Waals surface area contributed by atoms with Crippen molar-refractivity contribution in [1.82, 2.24) is 5.32 Å². The molecule has 0 bridgehead atoms. The number of benzene rings is 1. The van der Waals surface area contributed by atoms with E-state index in [9.17, 15) is 4.79 Å². The summed E-state index contributed by atoms with van der Waals surface area (Å²) in [5.74, 6) is 7.80. The Morgan fingerprint density at radius 1 is 1.21 bits per heavy atom. The van der Waals surface area contributed by atoms with Crippen LogP contribution in [-0.4, -0.2) is 12.5 Å². The van der Waals surface area contributed by atoms with Crippen LogP contribution in [0.4, 0.5) is 0 Å². The topological polar surface area (TPSA) is 29.1 Å². The van der Waals surface area contributed by atoms with Crippen molar-refractivity contribution in [3.8, 4) is 24.2 Å². The van der Waals surface area contributed by atoms with E-state index < -0.39 is 0 Å². The molecule has 1 N–H and O–H groups in total. The van der Waals surface area contributed by atoms with Gasteiger partial charge < -0.3 is 5.32 Å². The molecule has 0 aromatic heterocycles. The molecule has 0 aliphatic carbocycles. The van der Waals surface area contributed by atoms with E-state index in [1.54, 1.807) is 0 Å². The molecule has 98 valence electrons. The normalized spacial score (nSPS) is 9.00. The van der Waals surface area contributed by atoms with E-state index in [0.717, 1.165) is 25.7 Å². The molecule has 0 atom stereocenters. The maximum absolute atomic E-state index is 11.5. The van der Waals surface area contributed by atoms with E-state index in [-0.39, 0.29) is 5.91 Å². The van der Waals surface area contributed by atoms with Crippen LogP contribution in [0.15, 0.2) is 30.3 Å². The number of hydrogen-bond donors (Lipinski definition) is 1. The maximum Gasteiger partial charge on any atom is 0.220 e. The summed E-state index contributed by atoms with van der Waals surface area (Å²) in [4.78, 5) is 11.5. The van der Waals surface area contributed by atoms with Gasteiger partial charge in [0.2, 0.25) is 5.91 Å². The number of amides is 1. The van der Waals surface area contributed by atoms with E-state index in [2.05, 4.69) is 35.2 Å². The monoisotopic (exact) mass is 253 g/mol. The van der Waals surface area contributed by atoms with Gasteiger partial charge in [-0.3, -0.25) is 4.79 Å². The molecular formula is C17H19NO. The molecule has 0 spiro atoms. The van der Waals surface area contributed by atoms with Crippen LogP contribution in [0.5, 0.6) is 0 Å². The summed E-state index contributed by atoms with van der Waals surface area (Å²) in [6.45, 7) is 0.694. The molecule has 0 radical (unpaired) electrons. The molecule has 1 amide bonds. The lowest BCUT2D eigenvalue weighted by atomic mass is 10.1. The summed E-state index contributed by atoms with van der Waals surface area (Å²) < 4.78 is 0. The lowest BCUT2D eigenvalue weighted by Crippen LogP contribution is -2.25. The zero-order valence-electron chi connectivity index (χ0n) is 11.1. The molecule has 0 fully saturated rings. The summed E-state index contributed by atoms with van der Waals surface area (Å²) in [7, 11) is 0. The average Bonchev–Trinajstić information content (AvgIpc) is 2.44. The van der Waals surface area contributed by atoms with Gasteiger partial charge in [0.05, 0.1) is 0 Å². The Kier molecular flexibility index (Phi) is 7.67. The highest BCUT2D eigenvalue weighted by molar-refractivity contribution is 5.75. The van der Waals surface area contributed by atoms with Crippen molar-refractivity contribution in [1.29, 1.82) is 0 Å². The van der Waals surface area contributed by atoms with Gasteiger partial charge in [0.25, 0.3) is 0 Å². The molecule has 2 nitrogen and oxygen atoms in total.